The zero-order valence-electron chi connectivity index (χ0n) is 15.9. The minimum absolute atomic E-state index is 0.196. The van der Waals surface area contributed by atoms with Crippen LogP contribution < -0.4 is 20.9 Å². The Morgan fingerprint density at radius 1 is 1.28 bits per heavy atom. The molecule has 8 N–H and O–H groups in total. The molecule has 2 rings (SSSR count). The van der Waals surface area contributed by atoms with Gasteiger partial charge in [0, 0.05) is 0 Å². The number of aliphatic carboxylic acids is 1. The Hall–Kier alpha value is -2.13. The smallest absolute Gasteiger partial charge is 0.324 e. The molecule has 14 heteroatoms. The van der Waals surface area contributed by atoms with Gasteiger partial charge in [0.25, 0.3) is 10.2 Å². The van der Waals surface area contributed by atoms with Crippen molar-refractivity contribution in [2.24, 2.45) is 11.5 Å². The maximum atomic E-state index is 12.3. The predicted octanol–water partition coefficient (Wildman–Crippen LogP) is -1.64. The largest absolute Gasteiger partial charge is 0.480 e. The summed E-state index contributed by atoms with van der Waals surface area (Å²) in [5, 5.41) is 22.3. The van der Waals surface area contributed by atoms with Gasteiger partial charge < -0.3 is 26.2 Å². The van der Waals surface area contributed by atoms with Gasteiger partial charge >= 0.3 is 5.97 Å². The number of carbonyl (C=O) groups is 2. The van der Waals surface area contributed by atoms with Crippen LogP contribution in [-0.2, 0) is 25.3 Å². The fourth-order valence-electron chi connectivity index (χ4n) is 3.11. The Bertz CT molecular complexity index is 834. The van der Waals surface area contributed by atoms with E-state index in [9.17, 15) is 23.1 Å². The number of aliphatic hydroxyl groups is 1. The van der Waals surface area contributed by atoms with E-state index in [4.69, 9.17) is 21.1 Å². The minimum atomic E-state index is -4.50. The molecule has 0 spiro atoms. The van der Waals surface area contributed by atoms with E-state index in [1.54, 1.807) is 4.72 Å². The van der Waals surface area contributed by atoms with Gasteiger partial charge in [-0.3, -0.25) is 9.59 Å². The number of aromatic nitrogens is 2. The molecule has 1 aromatic rings. The van der Waals surface area contributed by atoms with Gasteiger partial charge in [0.1, 0.15) is 12.1 Å². The number of nitrogens with one attached hydrogen (secondary N) is 2. The van der Waals surface area contributed by atoms with Crippen LogP contribution in [0.1, 0.15) is 63.2 Å². The number of carbonyl (C=O) groups excluding carboxylic acids is 1. The number of nitrogens with two attached hydrogens (primary N) is 2. The first-order valence-corrected chi connectivity index (χ1v) is 10.5. The van der Waals surface area contributed by atoms with Crippen molar-refractivity contribution in [3.63, 3.8) is 0 Å². The van der Waals surface area contributed by atoms with Gasteiger partial charge in [-0.25, -0.2) is 0 Å². The molecule has 1 aromatic heterocycles. The third-order valence-electron chi connectivity index (χ3n) is 4.66. The summed E-state index contributed by atoms with van der Waals surface area (Å²) in [6.45, 7) is 1.11. The number of hydrogen-bond donors (Lipinski definition) is 6. The van der Waals surface area contributed by atoms with Crippen molar-refractivity contribution >= 4 is 22.1 Å². The number of nitrogens with zero attached hydrogens (tertiary/aromatic N) is 2. The molecule has 0 saturated heterocycles. The molecular weight excluding hydrogens is 408 g/mol. The second-order valence-corrected chi connectivity index (χ2v) is 8.67. The summed E-state index contributed by atoms with van der Waals surface area (Å²) in [5.74, 6) is -2.48. The number of rotatable bonds is 10. The lowest BCUT2D eigenvalue weighted by molar-refractivity contribution is -0.141. The van der Waals surface area contributed by atoms with Crippen molar-refractivity contribution in [1.29, 1.82) is 0 Å². The van der Waals surface area contributed by atoms with Crippen LogP contribution in [0.3, 0.4) is 0 Å². The molecule has 1 saturated carbocycles. The van der Waals surface area contributed by atoms with Crippen LogP contribution in [-0.4, -0.2) is 52.8 Å². The van der Waals surface area contributed by atoms with Crippen LogP contribution in [0.5, 0.6) is 0 Å². The van der Waals surface area contributed by atoms with Crippen LogP contribution >= 0.6 is 0 Å². The highest BCUT2D eigenvalue weighted by molar-refractivity contribution is 7.87. The normalized spacial score (nSPS) is 20.0. The lowest BCUT2D eigenvalue weighted by atomic mass is 9.82. The maximum Gasteiger partial charge on any atom is 0.324 e. The Morgan fingerprint density at radius 3 is 2.41 bits per heavy atom. The predicted molar refractivity (Wildman–Crippen MR) is 98.1 cm³/mol. The van der Waals surface area contributed by atoms with Crippen molar-refractivity contribution in [1.82, 2.24) is 19.6 Å². The first-order valence-electron chi connectivity index (χ1n) is 9.05. The van der Waals surface area contributed by atoms with Gasteiger partial charge in [0.15, 0.2) is 5.82 Å². The SMILES string of the molecule is CC(O)[C@H](NS(=O)(=O)N[C@@H](CC(N)=O)c1nc(C2(N)CCCCC2)no1)C(=O)O. The van der Waals surface area contributed by atoms with Crippen molar-refractivity contribution in [3.8, 4) is 0 Å². The van der Waals surface area contributed by atoms with Gasteiger partial charge in [-0.15, -0.1) is 0 Å². The van der Waals surface area contributed by atoms with E-state index in [-0.39, 0.29) is 11.7 Å². The second-order valence-electron chi connectivity index (χ2n) is 7.19. The Labute approximate surface area is 167 Å². The highest BCUT2D eigenvalue weighted by Crippen LogP contribution is 2.33. The molecule has 0 radical (unpaired) electrons. The van der Waals surface area contributed by atoms with Crippen molar-refractivity contribution in [2.75, 3.05) is 0 Å². The number of aliphatic hydroxyl groups excluding tert-OH is 1. The summed E-state index contributed by atoms with van der Waals surface area (Å²) >= 11 is 0. The Morgan fingerprint density at radius 2 is 1.90 bits per heavy atom. The van der Waals surface area contributed by atoms with Gasteiger partial charge in [-0.05, 0) is 19.8 Å². The van der Waals surface area contributed by atoms with Gasteiger partial charge in [-0.2, -0.15) is 22.8 Å². The number of carboxylic acid groups (broad SMARTS) is 1. The molecule has 29 heavy (non-hydrogen) atoms. The summed E-state index contributed by atoms with van der Waals surface area (Å²) in [4.78, 5) is 26.7. The van der Waals surface area contributed by atoms with Crippen LogP contribution in [0.4, 0.5) is 0 Å². The summed E-state index contributed by atoms with van der Waals surface area (Å²) in [5.41, 5.74) is 10.7. The van der Waals surface area contributed by atoms with Crippen molar-refractivity contribution < 1.29 is 32.7 Å². The number of amides is 1. The Balaban J connectivity index is 2.23. The molecule has 1 heterocycles. The zero-order chi connectivity index (χ0) is 21.8. The van der Waals surface area contributed by atoms with E-state index in [0.717, 1.165) is 26.2 Å². The quantitative estimate of drug-likeness (QED) is 0.246. The van der Waals surface area contributed by atoms with E-state index in [1.165, 1.54) is 0 Å². The van der Waals surface area contributed by atoms with Crippen LogP contribution in [0.25, 0.3) is 0 Å². The third-order valence-corrected chi connectivity index (χ3v) is 5.82. The van der Waals surface area contributed by atoms with Crippen LogP contribution in [0.15, 0.2) is 4.52 Å². The maximum absolute atomic E-state index is 12.3. The summed E-state index contributed by atoms with van der Waals surface area (Å²) in [7, 11) is -4.50. The fourth-order valence-corrected chi connectivity index (χ4v) is 4.37. The third kappa shape index (κ3) is 6.17. The molecular formula is C15H26N6O7S. The molecule has 1 unspecified atom stereocenters. The average molecular weight is 434 g/mol. The van der Waals surface area contributed by atoms with Crippen molar-refractivity contribution in [2.45, 2.75) is 69.2 Å². The first-order chi connectivity index (χ1) is 13.4. The fraction of sp³-hybridized carbons (Fsp3) is 0.733. The summed E-state index contributed by atoms with van der Waals surface area (Å²) in [6, 6.07) is -3.16. The molecule has 13 nitrogen and oxygen atoms in total. The molecule has 3 atom stereocenters. The molecule has 1 amide bonds. The van der Waals surface area contributed by atoms with E-state index in [2.05, 4.69) is 14.9 Å². The summed E-state index contributed by atoms with van der Waals surface area (Å²) in [6.07, 6.45) is 2.04. The molecule has 164 valence electrons. The lowest BCUT2D eigenvalue weighted by Crippen LogP contribution is -2.52. The number of hydrogen-bond acceptors (Lipinski definition) is 9. The Kier molecular flexibility index (Phi) is 7.29. The second kappa shape index (κ2) is 9.13. The van der Waals surface area contributed by atoms with E-state index >= 15 is 0 Å². The average Bonchev–Trinajstić information content (AvgIpc) is 3.10. The van der Waals surface area contributed by atoms with E-state index in [0.29, 0.717) is 12.8 Å². The lowest BCUT2D eigenvalue weighted by Gasteiger charge is -2.29. The molecule has 1 aliphatic carbocycles. The van der Waals surface area contributed by atoms with E-state index < -0.39 is 52.2 Å². The molecule has 0 aliphatic heterocycles. The highest BCUT2D eigenvalue weighted by Gasteiger charge is 2.37. The van der Waals surface area contributed by atoms with Gasteiger partial charge in [-0.1, -0.05) is 24.4 Å². The molecule has 1 aliphatic rings. The summed E-state index contributed by atoms with van der Waals surface area (Å²) < 4.78 is 33.6. The molecule has 0 aromatic carbocycles. The monoisotopic (exact) mass is 434 g/mol. The minimum Gasteiger partial charge on any atom is -0.480 e. The topological polar surface area (TPSA) is 224 Å². The highest BCUT2D eigenvalue weighted by atomic mass is 32.2. The van der Waals surface area contributed by atoms with Gasteiger partial charge in [0.2, 0.25) is 11.8 Å². The number of primary amides is 1. The zero-order valence-corrected chi connectivity index (χ0v) is 16.7. The van der Waals surface area contributed by atoms with E-state index in [1.807, 2.05) is 0 Å². The van der Waals surface area contributed by atoms with Crippen LogP contribution in [0, 0.1) is 0 Å². The molecule has 0 bridgehead atoms. The standard InChI is InChI=1S/C15H26N6O7S/c1-8(22)11(13(24)25)21-29(26,27)20-9(7-10(16)23)12-18-14(19-28-12)15(17)5-3-2-4-6-15/h8-9,11,20-22H,2-7,17H2,1H3,(H2,16,23)(H,24,25)/t8?,9-,11-/m0/s1. The molecule has 1 fully saturated rings. The van der Waals surface area contributed by atoms with Crippen molar-refractivity contribution in [3.05, 3.63) is 11.7 Å². The van der Waals surface area contributed by atoms with Gasteiger partial charge in [0.05, 0.1) is 18.1 Å². The van der Waals surface area contributed by atoms with Crippen LogP contribution in [0.2, 0.25) is 0 Å². The number of carboxylic acids is 1. The first kappa shape index (κ1) is 23.2.